The maximum Gasteiger partial charge on any atom is 0.241 e. The van der Waals surface area contributed by atoms with Gasteiger partial charge in [0.25, 0.3) is 0 Å². The molecule has 112 valence electrons. The predicted molar refractivity (Wildman–Crippen MR) is 82.0 cm³/mol. The number of pyridine rings is 1. The summed E-state index contributed by atoms with van der Waals surface area (Å²) in [5.74, 6) is 1.80. The van der Waals surface area contributed by atoms with Crippen LogP contribution in [0.3, 0.4) is 0 Å². The Morgan fingerprint density at radius 1 is 1.24 bits per heavy atom. The average Bonchev–Trinajstić information content (AvgIpc) is 2.52. The topological polar surface area (TPSA) is 72.5 Å². The molecule has 0 aliphatic carbocycles. The first-order valence-electron chi connectivity index (χ1n) is 6.59. The van der Waals surface area contributed by atoms with Gasteiger partial charge in [-0.3, -0.25) is 4.79 Å². The van der Waals surface area contributed by atoms with E-state index in [1.54, 1.807) is 34.4 Å². The third-order valence-corrected chi connectivity index (χ3v) is 3.26. The fraction of sp³-hybridized carbons (Fsp3) is 0.333. The van der Waals surface area contributed by atoms with Gasteiger partial charge >= 0.3 is 0 Å². The zero-order valence-corrected chi connectivity index (χ0v) is 12.6. The molecule has 2 aromatic rings. The van der Waals surface area contributed by atoms with Gasteiger partial charge in [0.2, 0.25) is 5.91 Å². The van der Waals surface area contributed by atoms with Crippen LogP contribution in [0.2, 0.25) is 0 Å². The van der Waals surface area contributed by atoms with Gasteiger partial charge in [-0.05, 0) is 30.5 Å². The summed E-state index contributed by atoms with van der Waals surface area (Å²) in [6, 6.07) is 5.22. The second kappa shape index (κ2) is 6.30. The Hall–Kier alpha value is -2.50. The average molecular weight is 289 g/mol. The molecule has 0 saturated carbocycles. The summed E-state index contributed by atoms with van der Waals surface area (Å²) in [5, 5.41) is 7.52. The number of nitrogens with zero attached hydrogens (tertiary/aromatic N) is 1. The van der Waals surface area contributed by atoms with E-state index < -0.39 is 0 Å². The van der Waals surface area contributed by atoms with E-state index in [1.165, 1.54) is 0 Å². The molecule has 0 aliphatic rings. The van der Waals surface area contributed by atoms with Crippen molar-refractivity contribution in [1.82, 2.24) is 10.3 Å². The Labute approximate surface area is 123 Å². The van der Waals surface area contributed by atoms with E-state index in [1.807, 2.05) is 18.2 Å². The smallest absolute Gasteiger partial charge is 0.241 e. The zero-order valence-electron chi connectivity index (χ0n) is 12.6. The van der Waals surface area contributed by atoms with Crippen molar-refractivity contribution in [2.45, 2.75) is 13.0 Å². The molecular formula is C15H19N3O3. The fourth-order valence-electron chi connectivity index (χ4n) is 2.10. The van der Waals surface area contributed by atoms with Crippen molar-refractivity contribution in [2.24, 2.45) is 0 Å². The van der Waals surface area contributed by atoms with Gasteiger partial charge in [0.05, 0.1) is 14.2 Å². The molecular weight excluding hydrogens is 270 g/mol. The number of nitrogens with one attached hydrogen (secondary N) is 2. The highest BCUT2D eigenvalue weighted by Gasteiger charge is 2.14. The molecule has 6 nitrogen and oxygen atoms in total. The van der Waals surface area contributed by atoms with E-state index in [2.05, 4.69) is 15.6 Å². The lowest BCUT2D eigenvalue weighted by molar-refractivity contribution is -0.121. The van der Waals surface area contributed by atoms with Crippen LogP contribution in [0.1, 0.15) is 6.92 Å². The molecule has 2 N–H and O–H groups in total. The largest absolute Gasteiger partial charge is 0.493 e. The monoisotopic (exact) mass is 289 g/mol. The molecule has 0 bridgehead atoms. The van der Waals surface area contributed by atoms with E-state index in [0.717, 1.165) is 10.8 Å². The molecule has 1 unspecified atom stereocenters. The molecule has 0 aliphatic heterocycles. The molecule has 21 heavy (non-hydrogen) atoms. The predicted octanol–water partition coefficient (Wildman–Crippen LogP) is 1.80. The summed E-state index contributed by atoms with van der Waals surface area (Å²) < 4.78 is 10.6. The number of methoxy groups -OCH3 is 2. The number of hydrogen-bond acceptors (Lipinski definition) is 5. The van der Waals surface area contributed by atoms with Crippen molar-refractivity contribution in [3.63, 3.8) is 0 Å². The minimum atomic E-state index is -0.388. The lowest BCUT2D eigenvalue weighted by Gasteiger charge is -2.16. The molecule has 1 atom stereocenters. The maximum atomic E-state index is 11.6. The van der Waals surface area contributed by atoms with Gasteiger partial charge in [-0.1, -0.05) is 0 Å². The van der Waals surface area contributed by atoms with Crippen LogP contribution >= 0.6 is 0 Å². The number of aromatic nitrogens is 1. The number of ether oxygens (including phenoxy) is 2. The van der Waals surface area contributed by atoms with Crippen molar-refractivity contribution in [3.05, 3.63) is 24.4 Å². The van der Waals surface area contributed by atoms with Crippen molar-refractivity contribution >= 4 is 22.5 Å². The number of benzene rings is 1. The van der Waals surface area contributed by atoms with Crippen molar-refractivity contribution in [1.29, 1.82) is 0 Å². The van der Waals surface area contributed by atoms with Gasteiger partial charge in [-0.25, -0.2) is 4.98 Å². The zero-order chi connectivity index (χ0) is 15.4. The first-order valence-corrected chi connectivity index (χ1v) is 6.59. The van der Waals surface area contributed by atoms with E-state index in [0.29, 0.717) is 17.3 Å². The normalized spacial score (nSPS) is 11.8. The van der Waals surface area contributed by atoms with Crippen LogP contribution in [0.25, 0.3) is 10.8 Å². The Morgan fingerprint density at radius 2 is 1.90 bits per heavy atom. The number of hydrogen-bond donors (Lipinski definition) is 2. The summed E-state index contributed by atoms with van der Waals surface area (Å²) in [6.07, 6.45) is 1.69. The molecule has 1 amide bonds. The highest BCUT2D eigenvalue weighted by Crippen LogP contribution is 2.34. The summed E-state index contributed by atoms with van der Waals surface area (Å²) >= 11 is 0. The molecule has 6 heteroatoms. The van der Waals surface area contributed by atoms with Crippen molar-refractivity contribution < 1.29 is 14.3 Å². The van der Waals surface area contributed by atoms with E-state index in [-0.39, 0.29) is 11.9 Å². The summed E-state index contributed by atoms with van der Waals surface area (Å²) in [5.41, 5.74) is 0. The van der Waals surface area contributed by atoms with Crippen LogP contribution in [0.4, 0.5) is 5.82 Å². The van der Waals surface area contributed by atoms with Gasteiger partial charge in [0, 0.05) is 18.6 Å². The van der Waals surface area contributed by atoms with Crippen LogP contribution in [0.5, 0.6) is 11.5 Å². The van der Waals surface area contributed by atoms with Crippen LogP contribution in [0, 0.1) is 0 Å². The minimum absolute atomic E-state index is 0.103. The lowest BCUT2D eigenvalue weighted by Crippen LogP contribution is -2.35. The summed E-state index contributed by atoms with van der Waals surface area (Å²) in [6.45, 7) is 1.78. The SMILES string of the molecule is CNC(=O)C(C)Nc1nccc2cc(OC)c(OC)cc12. The number of likely N-dealkylation sites (N-methyl/N-ethyl adjacent to an activating group) is 1. The summed E-state index contributed by atoms with van der Waals surface area (Å²) in [4.78, 5) is 15.9. The second-order valence-corrected chi connectivity index (χ2v) is 4.57. The molecule has 2 rings (SSSR count). The standard InChI is InChI=1S/C15H19N3O3/c1-9(15(19)16-2)18-14-11-8-13(21-4)12(20-3)7-10(11)5-6-17-14/h5-9H,1-4H3,(H,16,19)(H,17,18). The number of amides is 1. The third-order valence-electron chi connectivity index (χ3n) is 3.26. The maximum absolute atomic E-state index is 11.6. The highest BCUT2D eigenvalue weighted by molar-refractivity contribution is 5.95. The number of anilines is 1. The molecule has 0 saturated heterocycles. The Kier molecular flexibility index (Phi) is 4.47. The van der Waals surface area contributed by atoms with Crippen molar-refractivity contribution in [2.75, 3.05) is 26.6 Å². The first kappa shape index (κ1) is 14.9. The van der Waals surface area contributed by atoms with Gasteiger partial charge in [0.15, 0.2) is 11.5 Å². The van der Waals surface area contributed by atoms with E-state index >= 15 is 0 Å². The molecule has 0 fully saturated rings. The number of fused-ring (bicyclic) bond motifs is 1. The molecule has 1 aromatic heterocycles. The van der Waals surface area contributed by atoms with E-state index in [4.69, 9.17) is 9.47 Å². The van der Waals surface area contributed by atoms with E-state index in [9.17, 15) is 4.79 Å². The van der Waals surface area contributed by atoms with Crippen LogP contribution in [-0.2, 0) is 4.79 Å². The minimum Gasteiger partial charge on any atom is -0.493 e. The van der Waals surface area contributed by atoms with Gasteiger partial charge < -0.3 is 20.1 Å². The second-order valence-electron chi connectivity index (χ2n) is 4.57. The third kappa shape index (κ3) is 2.99. The highest BCUT2D eigenvalue weighted by atomic mass is 16.5. The fourth-order valence-corrected chi connectivity index (χ4v) is 2.10. The van der Waals surface area contributed by atoms with Gasteiger partial charge in [-0.2, -0.15) is 0 Å². The molecule has 0 radical (unpaired) electrons. The number of rotatable bonds is 5. The lowest BCUT2D eigenvalue weighted by atomic mass is 10.1. The van der Waals surface area contributed by atoms with Gasteiger partial charge in [-0.15, -0.1) is 0 Å². The molecule has 1 heterocycles. The molecule has 1 aromatic carbocycles. The Bertz CT molecular complexity index is 658. The van der Waals surface area contributed by atoms with Crippen LogP contribution in [0.15, 0.2) is 24.4 Å². The van der Waals surface area contributed by atoms with Crippen LogP contribution < -0.4 is 20.1 Å². The van der Waals surface area contributed by atoms with Crippen LogP contribution in [-0.4, -0.2) is 38.2 Å². The quantitative estimate of drug-likeness (QED) is 0.878. The van der Waals surface area contributed by atoms with Gasteiger partial charge in [0.1, 0.15) is 11.9 Å². The van der Waals surface area contributed by atoms with Crippen molar-refractivity contribution in [3.8, 4) is 11.5 Å². The number of carbonyl (C=O) groups is 1. The Balaban J connectivity index is 2.47. The molecule has 0 spiro atoms. The first-order chi connectivity index (χ1) is 10.1. The summed E-state index contributed by atoms with van der Waals surface area (Å²) in [7, 11) is 4.78. The number of carbonyl (C=O) groups excluding carboxylic acids is 1. The Morgan fingerprint density at radius 3 is 2.52 bits per heavy atom.